The van der Waals surface area contributed by atoms with Crippen molar-refractivity contribution >= 4 is 36.1 Å². The number of aromatic hydroxyl groups is 2. The van der Waals surface area contributed by atoms with Crippen molar-refractivity contribution in [3.05, 3.63) is 59.7 Å². The Morgan fingerprint density at radius 1 is 0.737 bits per heavy atom. The third kappa shape index (κ3) is 9.85. The molecule has 0 amide bonds. The number of hydrogen-bond acceptors (Lipinski definition) is 2. The van der Waals surface area contributed by atoms with Crippen molar-refractivity contribution in [2.45, 2.75) is 13.8 Å². The van der Waals surface area contributed by atoms with Crippen molar-refractivity contribution < 1.29 is 25.1 Å². The number of benzene rings is 2. The van der Waals surface area contributed by atoms with E-state index < -0.39 is 0 Å². The molecule has 0 radical (unpaired) electrons. The number of para-hydroxylation sites is 2. The molecule has 0 fully saturated rings. The zero-order valence-electron chi connectivity index (χ0n) is 10.8. The Hall–Kier alpha value is 0.383. The molecule has 0 atom stereocenters. The first-order chi connectivity index (χ1) is 9.02. The Morgan fingerprint density at radius 2 is 1.00 bits per heavy atom. The summed E-state index contributed by atoms with van der Waals surface area (Å²) in [5.74, 6) is 0.736. The van der Waals surface area contributed by atoms with Gasteiger partial charge in [0.2, 0.25) is 0 Å². The summed E-state index contributed by atoms with van der Waals surface area (Å²) >= 11 is 5.06. The van der Waals surface area contributed by atoms with Gasteiger partial charge in [-0.2, -0.15) is 0 Å². The van der Waals surface area contributed by atoms with Gasteiger partial charge in [0.05, 0.1) is 0 Å². The molecule has 2 nitrogen and oxygen atoms in total. The van der Waals surface area contributed by atoms with E-state index >= 15 is 0 Å². The summed E-state index contributed by atoms with van der Waals surface area (Å²) in [6, 6.07) is 14.5. The second-order valence-corrected chi connectivity index (χ2v) is 22.6. The molecule has 0 saturated heterocycles. The monoisotopic (exact) mass is 560 g/mol. The zero-order chi connectivity index (χ0) is 14.7. The van der Waals surface area contributed by atoms with E-state index in [4.69, 9.17) is 10.2 Å². The molecular weight excluding hydrogens is 545 g/mol. The number of aryl methyl sites for hydroxylation is 2. The molecule has 2 aromatic rings. The van der Waals surface area contributed by atoms with E-state index in [9.17, 15) is 0 Å². The molecule has 0 aliphatic heterocycles. The fourth-order valence-corrected chi connectivity index (χ4v) is 1.13. The fourth-order valence-electron chi connectivity index (χ4n) is 1.13. The van der Waals surface area contributed by atoms with Crippen LogP contribution in [0.4, 0.5) is 0 Å². The van der Waals surface area contributed by atoms with E-state index in [1.807, 2.05) is 50.2 Å². The van der Waals surface area contributed by atoms with Gasteiger partial charge in [-0.15, -0.1) is 0 Å². The summed E-state index contributed by atoms with van der Waals surface area (Å²) in [6.07, 6.45) is 0. The third-order valence-electron chi connectivity index (χ3n) is 2.23. The van der Waals surface area contributed by atoms with Crippen molar-refractivity contribution in [3.63, 3.8) is 0 Å². The standard InChI is InChI=1S/2C7H8O.2HI.Zr/c2*1-6-4-2-3-5-7(6)8;;;/h2*2-5,8H,1H3;2*1H;/q;;;;+2/p-2. The number of rotatable bonds is 0. The molecule has 0 bridgehead atoms. The quantitative estimate of drug-likeness (QED) is 0.436. The van der Waals surface area contributed by atoms with Crippen molar-refractivity contribution in [2.75, 3.05) is 0 Å². The second-order valence-electron chi connectivity index (χ2n) is 3.64. The van der Waals surface area contributed by atoms with Crippen LogP contribution in [0.5, 0.6) is 11.5 Å². The predicted octanol–water partition coefficient (Wildman–Crippen LogP) is 5.17. The molecular formula is C14H16I2O2Zr. The van der Waals surface area contributed by atoms with Gasteiger partial charge in [-0.05, 0) is 37.1 Å². The number of hydrogen-bond donors (Lipinski definition) is 2. The van der Waals surface area contributed by atoms with Crippen LogP contribution in [-0.4, -0.2) is 10.2 Å². The van der Waals surface area contributed by atoms with Crippen LogP contribution in [0.15, 0.2) is 48.5 Å². The van der Waals surface area contributed by atoms with Crippen LogP contribution < -0.4 is 0 Å². The Morgan fingerprint density at radius 3 is 1.16 bits per heavy atom. The Balaban J connectivity index is 0.000000284. The van der Waals surface area contributed by atoms with Crippen LogP contribution >= 0.6 is 36.1 Å². The van der Waals surface area contributed by atoms with Crippen molar-refractivity contribution in [2.24, 2.45) is 0 Å². The normalized spacial score (nSPS) is 8.42. The van der Waals surface area contributed by atoms with Crippen molar-refractivity contribution in [1.82, 2.24) is 0 Å². The summed E-state index contributed by atoms with van der Waals surface area (Å²) in [5.41, 5.74) is 1.85. The summed E-state index contributed by atoms with van der Waals surface area (Å²) in [4.78, 5) is 0. The van der Waals surface area contributed by atoms with E-state index in [1.165, 1.54) is 0 Å². The Bertz CT molecular complexity index is 393. The topological polar surface area (TPSA) is 40.5 Å². The molecule has 0 aromatic heterocycles. The third-order valence-corrected chi connectivity index (χ3v) is 2.23. The second kappa shape index (κ2) is 12.1. The molecule has 0 aliphatic carbocycles. The fraction of sp³-hybridized carbons (Fsp3) is 0.143. The number of phenols is 2. The van der Waals surface area contributed by atoms with Crippen LogP contribution in [-0.2, 0) is 14.9 Å². The van der Waals surface area contributed by atoms with Gasteiger partial charge < -0.3 is 10.2 Å². The molecule has 0 spiro atoms. The SMILES string of the molecule is Cc1ccccc1O.Cc1ccccc1O.[I][Zr][I]. The minimum absolute atomic E-state index is 0.170. The number of halogens is 2. The molecule has 0 saturated carbocycles. The van der Waals surface area contributed by atoms with Crippen LogP contribution in [0.25, 0.3) is 0 Å². The molecule has 0 unspecified atom stereocenters. The first-order valence-electron chi connectivity index (χ1n) is 5.48. The molecule has 2 rings (SSSR count). The Labute approximate surface area is 144 Å². The van der Waals surface area contributed by atoms with Gasteiger partial charge in [-0.25, -0.2) is 0 Å². The number of phenolic OH excluding ortho intramolecular Hbond substituents is 2. The maximum atomic E-state index is 8.92. The first kappa shape index (κ1) is 19.4. The van der Waals surface area contributed by atoms with E-state index in [1.54, 1.807) is 12.1 Å². The molecule has 5 heteroatoms. The summed E-state index contributed by atoms with van der Waals surface area (Å²) < 4.78 is 0. The molecule has 0 heterocycles. The van der Waals surface area contributed by atoms with E-state index in [0.29, 0.717) is 11.5 Å². The van der Waals surface area contributed by atoms with Crippen molar-refractivity contribution in [3.8, 4) is 11.5 Å². The molecule has 19 heavy (non-hydrogen) atoms. The first-order valence-corrected chi connectivity index (χ1v) is 20.1. The van der Waals surface area contributed by atoms with Gasteiger partial charge in [0, 0.05) is 0 Å². The zero-order valence-corrected chi connectivity index (χ0v) is 17.5. The summed E-state index contributed by atoms with van der Waals surface area (Å²) in [6.45, 7) is 3.74. The predicted molar refractivity (Wildman–Crippen MR) is 93.7 cm³/mol. The van der Waals surface area contributed by atoms with Gasteiger partial charge in [-0.1, -0.05) is 36.4 Å². The molecule has 102 valence electrons. The molecule has 2 N–H and O–H groups in total. The van der Waals surface area contributed by atoms with Crippen LogP contribution in [0.3, 0.4) is 0 Å². The van der Waals surface area contributed by atoms with Crippen LogP contribution in [0.1, 0.15) is 11.1 Å². The van der Waals surface area contributed by atoms with Gasteiger partial charge in [0.15, 0.2) is 0 Å². The van der Waals surface area contributed by atoms with Gasteiger partial charge in [0.25, 0.3) is 0 Å². The van der Waals surface area contributed by atoms with Gasteiger partial charge >= 0.3 is 50.9 Å². The van der Waals surface area contributed by atoms with E-state index in [0.717, 1.165) is 11.1 Å². The molecule has 0 aliphatic rings. The average Bonchev–Trinajstić information content (AvgIpc) is 2.38. The van der Waals surface area contributed by atoms with Gasteiger partial charge in [0.1, 0.15) is 11.5 Å². The van der Waals surface area contributed by atoms with Crippen LogP contribution in [0, 0.1) is 13.8 Å². The summed E-state index contributed by atoms with van der Waals surface area (Å²) in [5, 5.41) is 17.8. The minimum atomic E-state index is 0.170. The van der Waals surface area contributed by atoms with Crippen LogP contribution in [0.2, 0.25) is 0 Å². The van der Waals surface area contributed by atoms with E-state index in [2.05, 4.69) is 36.1 Å². The van der Waals surface area contributed by atoms with Crippen molar-refractivity contribution in [1.29, 1.82) is 0 Å². The summed E-state index contributed by atoms with van der Waals surface area (Å²) in [7, 11) is 0. The van der Waals surface area contributed by atoms with Gasteiger partial charge in [-0.3, -0.25) is 0 Å². The Kier molecular flexibility index (Phi) is 12.4. The molecule has 2 aromatic carbocycles. The average molecular weight is 561 g/mol. The van der Waals surface area contributed by atoms with E-state index in [-0.39, 0.29) is 14.9 Å². The maximum absolute atomic E-state index is 8.92.